The number of hydrogen-bond acceptors (Lipinski definition) is 5. The number of rotatable bonds is 4. The van der Waals surface area contributed by atoms with Gasteiger partial charge in [0.25, 0.3) is 0 Å². The number of ether oxygens (including phenoxy) is 1. The van der Waals surface area contributed by atoms with Gasteiger partial charge in [0.15, 0.2) is 0 Å². The molecule has 0 spiro atoms. The Bertz CT molecular complexity index is 1070. The Morgan fingerprint density at radius 2 is 1.97 bits per heavy atom. The molecule has 5 rings (SSSR count). The number of carbonyl (C=O) groups excluding carboxylic acids is 1. The average molecular weight is 480 g/mol. The highest BCUT2D eigenvalue weighted by atomic mass is 35.5. The summed E-state index contributed by atoms with van der Waals surface area (Å²) in [6, 6.07) is 5.70. The van der Waals surface area contributed by atoms with E-state index in [4.69, 9.17) is 16.3 Å². The third kappa shape index (κ3) is 4.34. The fourth-order valence-corrected chi connectivity index (χ4v) is 5.62. The lowest BCUT2D eigenvalue weighted by atomic mass is 9.81. The number of amides is 1. The van der Waals surface area contributed by atoms with Crippen LogP contribution in [0.5, 0.6) is 0 Å². The van der Waals surface area contributed by atoms with Crippen molar-refractivity contribution >= 4 is 34.1 Å². The largest absolute Gasteiger partial charge is 0.389 e. The Hall–Kier alpha value is -1.87. The summed E-state index contributed by atoms with van der Waals surface area (Å²) in [7, 11) is 0. The molecule has 3 heterocycles. The van der Waals surface area contributed by atoms with Crippen LogP contribution in [0.1, 0.15) is 44.1 Å². The third-order valence-electron chi connectivity index (χ3n) is 7.59. The van der Waals surface area contributed by atoms with Crippen LogP contribution in [-0.2, 0) is 9.53 Å². The molecule has 2 aliphatic heterocycles. The van der Waals surface area contributed by atoms with E-state index >= 15 is 0 Å². The molecule has 0 bridgehead atoms. The Balaban J connectivity index is 1.30. The number of carbonyl (C=O) groups is 1. The molecule has 2 N–H and O–H groups in total. The summed E-state index contributed by atoms with van der Waals surface area (Å²) in [4.78, 5) is 18.8. The van der Waals surface area contributed by atoms with Gasteiger partial charge in [-0.05, 0) is 67.9 Å². The first kappa shape index (κ1) is 22.9. The summed E-state index contributed by atoms with van der Waals surface area (Å²) < 4.78 is 31.6. The topological polar surface area (TPSA) is 74.7 Å². The van der Waals surface area contributed by atoms with Crippen molar-refractivity contribution in [1.82, 2.24) is 9.88 Å². The van der Waals surface area contributed by atoms with Gasteiger partial charge >= 0.3 is 0 Å². The van der Waals surface area contributed by atoms with Crippen LogP contribution in [0.15, 0.2) is 24.4 Å². The van der Waals surface area contributed by atoms with E-state index in [2.05, 4.69) is 22.1 Å². The van der Waals surface area contributed by atoms with Crippen LogP contribution in [0.3, 0.4) is 0 Å². The van der Waals surface area contributed by atoms with E-state index in [1.807, 2.05) is 12.1 Å². The van der Waals surface area contributed by atoms with Gasteiger partial charge in [0.1, 0.15) is 5.82 Å². The number of fused-ring (bicyclic) bond motifs is 1. The molecule has 1 aliphatic carbocycles. The lowest BCUT2D eigenvalue weighted by molar-refractivity contribution is -0.145. The minimum absolute atomic E-state index is 0.282. The first-order valence-electron chi connectivity index (χ1n) is 11.4. The molecule has 0 radical (unpaired) electrons. The number of aliphatic hydroxyl groups is 1. The van der Waals surface area contributed by atoms with Gasteiger partial charge in [0.05, 0.1) is 24.9 Å². The molecule has 6 nitrogen and oxygen atoms in total. The van der Waals surface area contributed by atoms with Crippen molar-refractivity contribution < 1.29 is 23.4 Å². The van der Waals surface area contributed by atoms with Crippen molar-refractivity contribution in [3.05, 3.63) is 35.0 Å². The normalized spacial score (nSPS) is 28.7. The molecule has 0 unspecified atom stereocenters. The summed E-state index contributed by atoms with van der Waals surface area (Å²) >= 11 is 6.63. The highest BCUT2D eigenvalue weighted by Gasteiger charge is 2.49. The summed E-state index contributed by atoms with van der Waals surface area (Å²) in [6.07, 6.45) is 2.17. The second-order valence-corrected chi connectivity index (χ2v) is 10.3. The van der Waals surface area contributed by atoms with Crippen LogP contribution in [0.25, 0.3) is 10.8 Å². The number of nitrogens with one attached hydrogen (secondary N) is 1. The Morgan fingerprint density at radius 3 is 2.61 bits per heavy atom. The van der Waals surface area contributed by atoms with Crippen molar-refractivity contribution in [1.29, 1.82) is 0 Å². The molecule has 3 fully saturated rings. The second kappa shape index (κ2) is 8.41. The molecule has 178 valence electrons. The molecule has 1 aromatic heterocycles. The Labute approximate surface area is 196 Å². The number of hydrogen-bond donors (Lipinski definition) is 2. The number of halogens is 3. The standard InChI is InChI=1S/C24H28ClF2N3O3/c1-23(13-33-12-20(23)31)30-4-2-14(3-5-30)18-6-15-8-21(28-11-16(15)7-19(18)25)29-22(32)17-9-24(26,27)10-17/h6-8,11,14,17,20,31H,2-5,9-10,12-13H2,1H3,(H,28,29,32)/t20-,23+/m0/s1. The lowest BCUT2D eigenvalue weighted by Gasteiger charge is -2.43. The van der Waals surface area contributed by atoms with Crippen molar-refractivity contribution in [2.24, 2.45) is 5.92 Å². The van der Waals surface area contributed by atoms with Gasteiger partial charge in [0, 0.05) is 35.4 Å². The van der Waals surface area contributed by atoms with Crippen LogP contribution >= 0.6 is 11.6 Å². The molecule has 9 heteroatoms. The highest BCUT2D eigenvalue weighted by Crippen LogP contribution is 2.43. The second-order valence-electron chi connectivity index (χ2n) is 9.89. The van der Waals surface area contributed by atoms with Crippen molar-refractivity contribution in [3.8, 4) is 0 Å². The van der Waals surface area contributed by atoms with E-state index < -0.39 is 36.7 Å². The molecule has 2 aromatic rings. The number of piperidine rings is 1. The highest BCUT2D eigenvalue weighted by molar-refractivity contribution is 6.32. The van der Waals surface area contributed by atoms with E-state index in [1.54, 1.807) is 12.3 Å². The number of aromatic nitrogens is 1. The van der Waals surface area contributed by atoms with Crippen molar-refractivity contribution in [2.75, 3.05) is 31.6 Å². The lowest BCUT2D eigenvalue weighted by Crippen LogP contribution is -2.56. The van der Waals surface area contributed by atoms with Gasteiger partial charge in [0.2, 0.25) is 11.8 Å². The van der Waals surface area contributed by atoms with E-state index in [9.17, 15) is 18.7 Å². The molecule has 33 heavy (non-hydrogen) atoms. The first-order valence-corrected chi connectivity index (χ1v) is 11.8. The van der Waals surface area contributed by atoms with Gasteiger partial charge in [-0.1, -0.05) is 11.6 Å². The van der Waals surface area contributed by atoms with Crippen LogP contribution in [-0.4, -0.2) is 64.8 Å². The quantitative estimate of drug-likeness (QED) is 0.687. The van der Waals surface area contributed by atoms with Crippen molar-refractivity contribution in [3.63, 3.8) is 0 Å². The van der Waals surface area contributed by atoms with Gasteiger partial charge < -0.3 is 15.2 Å². The van der Waals surface area contributed by atoms with Gasteiger partial charge in [-0.25, -0.2) is 13.8 Å². The van der Waals surface area contributed by atoms with Crippen LogP contribution in [0, 0.1) is 5.92 Å². The average Bonchev–Trinajstić information content (AvgIpc) is 3.11. The zero-order valence-corrected chi connectivity index (χ0v) is 19.2. The molecular formula is C24H28ClF2N3O3. The predicted molar refractivity (Wildman–Crippen MR) is 122 cm³/mol. The molecule has 1 amide bonds. The zero-order chi connectivity index (χ0) is 23.4. The number of anilines is 1. The first-order chi connectivity index (χ1) is 15.6. The third-order valence-corrected chi connectivity index (χ3v) is 7.92. The number of nitrogens with zero attached hydrogens (tertiary/aromatic N) is 2. The summed E-state index contributed by atoms with van der Waals surface area (Å²) in [5.41, 5.74) is 0.709. The fraction of sp³-hybridized carbons (Fsp3) is 0.583. The van der Waals surface area contributed by atoms with E-state index in [-0.39, 0.29) is 11.5 Å². The number of benzene rings is 1. The minimum atomic E-state index is -2.74. The summed E-state index contributed by atoms with van der Waals surface area (Å²) in [5.74, 6) is -3.19. The van der Waals surface area contributed by atoms with Crippen molar-refractivity contribution in [2.45, 2.75) is 56.1 Å². The fourth-order valence-electron chi connectivity index (χ4n) is 5.30. The SMILES string of the molecule is C[C@@]1(N2CCC(c3cc4cc(NC(=O)C5CC(F)(F)C5)ncc4cc3Cl)CC2)COC[C@@H]1O. The summed E-state index contributed by atoms with van der Waals surface area (Å²) in [5, 5.41) is 15.5. The minimum Gasteiger partial charge on any atom is -0.389 e. The smallest absolute Gasteiger partial charge is 0.249 e. The van der Waals surface area contributed by atoms with E-state index in [0.29, 0.717) is 24.1 Å². The maximum Gasteiger partial charge on any atom is 0.249 e. The van der Waals surface area contributed by atoms with Gasteiger partial charge in [-0.2, -0.15) is 0 Å². The van der Waals surface area contributed by atoms with Crippen LogP contribution < -0.4 is 5.32 Å². The number of aliphatic hydroxyl groups excluding tert-OH is 1. The maximum atomic E-state index is 13.1. The maximum absolute atomic E-state index is 13.1. The van der Waals surface area contributed by atoms with Gasteiger partial charge in [-0.3, -0.25) is 9.69 Å². The number of alkyl halides is 2. The molecular weight excluding hydrogens is 452 g/mol. The zero-order valence-electron chi connectivity index (χ0n) is 18.5. The number of pyridine rings is 1. The Kier molecular flexibility index (Phi) is 5.84. The van der Waals surface area contributed by atoms with Crippen LogP contribution in [0.4, 0.5) is 14.6 Å². The molecule has 1 aromatic carbocycles. The molecule has 3 aliphatic rings. The molecule has 1 saturated carbocycles. The van der Waals surface area contributed by atoms with E-state index in [0.717, 1.165) is 42.3 Å². The number of likely N-dealkylation sites (tertiary alicyclic amines) is 1. The predicted octanol–water partition coefficient (Wildman–Crippen LogP) is 4.20. The molecule has 2 atom stereocenters. The summed E-state index contributed by atoms with van der Waals surface area (Å²) in [6.45, 7) is 4.67. The van der Waals surface area contributed by atoms with E-state index in [1.165, 1.54) is 0 Å². The molecule has 2 saturated heterocycles. The monoisotopic (exact) mass is 479 g/mol. The Morgan fingerprint density at radius 1 is 1.24 bits per heavy atom. The van der Waals surface area contributed by atoms with Gasteiger partial charge in [-0.15, -0.1) is 0 Å². The van der Waals surface area contributed by atoms with Crippen LogP contribution in [0.2, 0.25) is 5.02 Å².